The molecule has 0 aliphatic heterocycles. The Morgan fingerprint density at radius 2 is 1.60 bits per heavy atom. The molecule has 0 N–H and O–H groups in total. The van der Waals surface area contributed by atoms with Crippen LogP contribution in [0.5, 0.6) is 0 Å². The Labute approximate surface area is 169 Å². The number of sulfone groups is 1. The molecule has 0 fully saturated rings. The summed E-state index contributed by atoms with van der Waals surface area (Å²) < 4.78 is 70.3. The first-order valence-corrected chi connectivity index (χ1v) is 10.5. The van der Waals surface area contributed by atoms with Gasteiger partial charge in [0.1, 0.15) is 0 Å². The fourth-order valence-electron chi connectivity index (χ4n) is 2.95. The zero-order valence-electron chi connectivity index (χ0n) is 15.5. The molecular weight excluding hydrogens is 419 g/mol. The van der Waals surface area contributed by atoms with Gasteiger partial charge in [-0.05, 0) is 29.8 Å². The summed E-state index contributed by atoms with van der Waals surface area (Å²) in [5, 5.41) is 3.71. The van der Waals surface area contributed by atoms with E-state index < -0.39 is 21.7 Å². The minimum absolute atomic E-state index is 0.0673. The van der Waals surface area contributed by atoms with Gasteiger partial charge in [0.25, 0.3) is 0 Å². The highest BCUT2D eigenvalue weighted by Crippen LogP contribution is 2.37. The van der Waals surface area contributed by atoms with Crippen LogP contribution in [0.4, 0.5) is 13.2 Å². The number of rotatable bonds is 4. The third-order valence-corrected chi connectivity index (χ3v) is 5.55. The quantitative estimate of drug-likeness (QED) is 0.469. The molecule has 6 nitrogen and oxygen atoms in total. The molecule has 0 amide bonds. The van der Waals surface area contributed by atoms with Crippen molar-refractivity contribution in [3.63, 3.8) is 0 Å². The van der Waals surface area contributed by atoms with Crippen LogP contribution in [-0.4, -0.2) is 29.4 Å². The van der Waals surface area contributed by atoms with E-state index in [9.17, 15) is 21.6 Å². The highest BCUT2D eigenvalue weighted by atomic mass is 32.2. The molecule has 2 aromatic heterocycles. The molecule has 0 unspecified atom stereocenters. The number of nitrogens with zero attached hydrogens (tertiary/aromatic N) is 3. The van der Waals surface area contributed by atoms with E-state index >= 15 is 0 Å². The summed E-state index contributed by atoms with van der Waals surface area (Å²) in [5.41, 5.74) is 0.163. The van der Waals surface area contributed by atoms with Crippen LogP contribution in [0.15, 0.2) is 76.6 Å². The Morgan fingerprint density at radius 3 is 2.13 bits per heavy atom. The number of alkyl halides is 3. The molecule has 0 spiro atoms. The number of halogens is 3. The molecule has 0 bridgehead atoms. The van der Waals surface area contributed by atoms with Gasteiger partial charge >= 0.3 is 6.18 Å². The van der Waals surface area contributed by atoms with E-state index in [0.29, 0.717) is 22.6 Å². The molecule has 4 aromatic rings. The Bertz CT molecular complexity index is 1280. The summed E-state index contributed by atoms with van der Waals surface area (Å²) in [4.78, 5) is 3.88. The van der Waals surface area contributed by atoms with Crippen molar-refractivity contribution in [2.24, 2.45) is 0 Å². The van der Waals surface area contributed by atoms with Gasteiger partial charge in [-0.1, -0.05) is 24.3 Å². The topological polar surface area (TPSA) is 78.0 Å². The van der Waals surface area contributed by atoms with Crippen molar-refractivity contribution in [1.82, 2.24) is 14.8 Å². The van der Waals surface area contributed by atoms with Crippen LogP contribution in [0.3, 0.4) is 0 Å². The first-order valence-electron chi connectivity index (χ1n) is 8.59. The summed E-state index contributed by atoms with van der Waals surface area (Å²) >= 11 is 0. The molecule has 154 valence electrons. The molecule has 0 radical (unpaired) electrons. The second-order valence-electron chi connectivity index (χ2n) is 6.54. The predicted octanol–water partition coefficient (Wildman–Crippen LogP) is 4.62. The van der Waals surface area contributed by atoms with Gasteiger partial charge < -0.3 is 4.42 Å². The van der Waals surface area contributed by atoms with Crippen molar-refractivity contribution in [3.8, 4) is 28.1 Å². The summed E-state index contributed by atoms with van der Waals surface area (Å²) in [6, 6.07) is 11.8. The van der Waals surface area contributed by atoms with Crippen molar-refractivity contribution < 1.29 is 26.0 Å². The average Bonchev–Trinajstić information content (AvgIpc) is 3.37. The van der Waals surface area contributed by atoms with E-state index in [0.717, 1.165) is 10.9 Å². The minimum atomic E-state index is -4.67. The molecule has 0 atom stereocenters. The molecule has 4 rings (SSSR count). The second kappa shape index (κ2) is 7.13. The van der Waals surface area contributed by atoms with Crippen molar-refractivity contribution in [3.05, 3.63) is 73.0 Å². The van der Waals surface area contributed by atoms with Crippen molar-refractivity contribution in [1.29, 1.82) is 0 Å². The Hall–Kier alpha value is -3.40. The molecule has 2 aromatic carbocycles. The zero-order valence-corrected chi connectivity index (χ0v) is 16.3. The maximum Gasteiger partial charge on any atom is 0.435 e. The van der Waals surface area contributed by atoms with Gasteiger partial charge in [0.15, 0.2) is 27.7 Å². The molecule has 0 saturated carbocycles. The van der Waals surface area contributed by atoms with Gasteiger partial charge in [0, 0.05) is 23.6 Å². The van der Waals surface area contributed by atoms with E-state index in [2.05, 4.69) is 10.1 Å². The lowest BCUT2D eigenvalue weighted by atomic mass is 10.0. The molecular formula is C20H14F3N3O3S. The normalized spacial score (nSPS) is 12.3. The van der Waals surface area contributed by atoms with Gasteiger partial charge in [-0.2, -0.15) is 18.3 Å². The zero-order chi connectivity index (χ0) is 21.5. The summed E-state index contributed by atoms with van der Waals surface area (Å²) in [6.45, 7) is 0. The van der Waals surface area contributed by atoms with Gasteiger partial charge in [-0.3, -0.25) is 0 Å². The van der Waals surface area contributed by atoms with E-state index in [1.807, 2.05) is 0 Å². The number of hydrogen-bond donors (Lipinski definition) is 0. The highest BCUT2D eigenvalue weighted by molar-refractivity contribution is 7.90. The van der Waals surface area contributed by atoms with Gasteiger partial charge in [-0.15, -0.1) is 0 Å². The number of benzene rings is 2. The van der Waals surface area contributed by atoms with Crippen LogP contribution in [0, 0.1) is 0 Å². The SMILES string of the molecule is CS(=O)(=O)c1ccc(-n2cc(-c3ccc(-c4cnco4)cc3)c(C(F)(F)F)n2)cc1. The number of oxazole rings is 1. The van der Waals surface area contributed by atoms with E-state index in [1.165, 1.54) is 43.1 Å². The van der Waals surface area contributed by atoms with Crippen LogP contribution >= 0.6 is 0 Å². The number of hydrogen-bond acceptors (Lipinski definition) is 5. The van der Waals surface area contributed by atoms with Crippen molar-refractivity contribution >= 4 is 9.84 Å². The third-order valence-electron chi connectivity index (χ3n) is 4.42. The van der Waals surface area contributed by atoms with Gasteiger partial charge in [-0.25, -0.2) is 18.1 Å². The Morgan fingerprint density at radius 1 is 0.967 bits per heavy atom. The van der Waals surface area contributed by atoms with Crippen LogP contribution in [0.2, 0.25) is 0 Å². The molecule has 0 saturated heterocycles. The van der Waals surface area contributed by atoms with Crippen LogP contribution < -0.4 is 0 Å². The maximum absolute atomic E-state index is 13.6. The lowest BCUT2D eigenvalue weighted by Gasteiger charge is -2.06. The second-order valence-corrected chi connectivity index (χ2v) is 8.56. The highest BCUT2D eigenvalue weighted by Gasteiger charge is 2.37. The molecule has 10 heteroatoms. The van der Waals surface area contributed by atoms with Gasteiger partial charge in [0.2, 0.25) is 0 Å². The Balaban J connectivity index is 1.76. The minimum Gasteiger partial charge on any atom is -0.444 e. The smallest absolute Gasteiger partial charge is 0.435 e. The maximum atomic E-state index is 13.6. The summed E-state index contributed by atoms with van der Waals surface area (Å²) in [7, 11) is -3.42. The van der Waals surface area contributed by atoms with Crippen LogP contribution in [0.1, 0.15) is 5.69 Å². The average molecular weight is 433 g/mol. The molecule has 30 heavy (non-hydrogen) atoms. The van der Waals surface area contributed by atoms with E-state index in [-0.39, 0.29) is 10.5 Å². The molecule has 0 aliphatic rings. The lowest BCUT2D eigenvalue weighted by molar-refractivity contribution is -0.140. The summed E-state index contributed by atoms with van der Waals surface area (Å²) in [6.07, 6.45) is 0.426. The fraction of sp³-hybridized carbons (Fsp3) is 0.100. The first kappa shape index (κ1) is 19.9. The van der Waals surface area contributed by atoms with Gasteiger partial charge in [0.05, 0.1) is 16.8 Å². The van der Waals surface area contributed by atoms with E-state index in [1.54, 1.807) is 24.3 Å². The van der Waals surface area contributed by atoms with E-state index in [4.69, 9.17) is 4.42 Å². The molecule has 0 aliphatic carbocycles. The monoisotopic (exact) mass is 433 g/mol. The predicted molar refractivity (Wildman–Crippen MR) is 103 cm³/mol. The molecule has 2 heterocycles. The standard InChI is InChI=1S/C20H14F3N3O3S/c1-30(27,28)16-8-6-15(7-9-16)26-11-17(19(25-26)20(21,22)23)13-2-4-14(5-3-13)18-10-24-12-29-18/h2-12H,1H3. The fourth-order valence-corrected chi connectivity index (χ4v) is 3.58. The largest absolute Gasteiger partial charge is 0.444 e. The third kappa shape index (κ3) is 3.86. The summed E-state index contributed by atoms with van der Waals surface area (Å²) in [5.74, 6) is 0.499. The lowest BCUT2D eigenvalue weighted by Crippen LogP contribution is -2.08. The number of aromatic nitrogens is 3. The van der Waals surface area contributed by atoms with Crippen LogP contribution in [-0.2, 0) is 16.0 Å². The first-order chi connectivity index (χ1) is 14.1. The van der Waals surface area contributed by atoms with Crippen molar-refractivity contribution in [2.75, 3.05) is 6.26 Å². The van der Waals surface area contributed by atoms with Crippen molar-refractivity contribution in [2.45, 2.75) is 11.1 Å². The van der Waals surface area contributed by atoms with Crippen LogP contribution in [0.25, 0.3) is 28.1 Å². The Kier molecular flexibility index (Phi) is 4.73.